The van der Waals surface area contributed by atoms with Crippen LogP contribution in [0.4, 0.5) is 0 Å². The summed E-state index contributed by atoms with van der Waals surface area (Å²) in [6.07, 6.45) is 0.595. The van der Waals surface area contributed by atoms with Crippen LogP contribution in [-0.4, -0.2) is 22.1 Å². The molecule has 2 aromatic rings. The van der Waals surface area contributed by atoms with Crippen molar-refractivity contribution in [2.75, 3.05) is 13.7 Å². The third-order valence-electron chi connectivity index (χ3n) is 3.11. The van der Waals surface area contributed by atoms with Crippen LogP contribution in [0.2, 0.25) is 0 Å². The van der Waals surface area contributed by atoms with Crippen LogP contribution in [-0.2, 0) is 22.2 Å². The minimum absolute atomic E-state index is 0.000234. The van der Waals surface area contributed by atoms with E-state index in [0.29, 0.717) is 13.0 Å². The first kappa shape index (κ1) is 15.5. The minimum Gasteiger partial charge on any atom is -0.496 e. The molecule has 0 aromatic heterocycles. The Morgan fingerprint density at radius 3 is 2.38 bits per heavy atom. The summed E-state index contributed by atoms with van der Waals surface area (Å²) in [6.45, 7) is 0.357. The lowest BCUT2D eigenvalue weighted by Gasteiger charge is -2.09. The number of hydrogen-bond acceptors (Lipinski definition) is 3. The fourth-order valence-electron chi connectivity index (χ4n) is 2.10. The molecule has 0 radical (unpaired) electrons. The molecule has 0 heterocycles. The molecule has 21 heavy (non-hydrogen) atoms. The van der Waals surface area contributed by atoms with Crippen molar-refractivity contribution in [2.24, 2.45) is 0 Å². The smallest absolute Gasteiger partial charge is 0.215 e. The van der Waals surface area contributed by atoms with Crippen molar-refractivity contribution in [3.63, 3.8) is 0 Å². The Morgan fingerprint density at radius 1 is 1.00 bits per heavy atom. The highest BCUT2D eigenvalue weighted by molar-refractivity contribution is 7.88. The van der Waals surface area contributed by atoms with E-state index in [1.54, 1.807) is 19.2 Å². The summed E-state index contributed by atoms with van der Waals surface area (Å²) >= 11 is 0. The van der Waals surface area contributed by atoms with E-state index in [1.807, 2.05) is 42.5 Å². The van der Waals surface area contributed by atoms with Crippen molar-refractivity contribution in [1.82, 2.24) is 4.72 Å². The number of nitrogens with one attached hydrogen (secondary N) is 1. The van der Waals surface area contributed by atoms with Gasteiger partial charge >= 0.3 is 0 Å². The molecule has 2 aromatic carbocycles. The molecule has 0 bridgehead atoms. The molecule has 4 nitrogen and oxygen atoms in total. The van der Waals surface area contributed by atoms with Gasteiger partial charge in [-0.3, -0.25) is 0 Å². The molecule has 0 spiro atoms. The molecule has 2 rings (SSSR count). The van der Waals surface area contributed by atoms with Gasteiger partial charge in [0.05, 0.1) is 12.9 Å². The zero-order valence-electron chi connectivity index (χ0n) is 12.0. The van der Waals surface area contributed by atoms with Crippen molar-refractivity contribution in [1.29, 1.82) is 0 Å². The number of para-hydroxylation sites is 1. The molecule has 5 heteroatoms. The van der Waals surface area contributed by atoms with E-state index >= 15 is 0 Å². The van der Waals surface area contributed by atoms with E-state index in [-0.39, 0.29) is 5.75 Å². The lowest BCUT2D eigenvalue weighted by molar-refractivity contribution is 0.409. The highest BCUT2D eigenvalue weighted by Gasteiger charge is 2.11. The summed E-state index contributed by atoms with van der Waals surface area (Å²) in [4.78, 5) is 0. The highest BCUT2D eigenvalue weighted by Crippen LogP contribution is 2.17. The van der Waals surface area contributed by atoms with Crippen LogP contribution in [0.25, 0.3) is 0 Å². The van der Waals surface area contributed by atoms with Crippen molar-refractivity contribution < 1.29 is 13.2 Å². The van der Waals surface area contributed by atoms with Crippen LogP contribution in [0.1, 0.15) is 11.1 Å². The van der Waals surface area contributed by atoms with E-state index in [9.17, 15) is 8.42 Å². The first-order valence-electron chi connectivity index (χ1n) is 6.74. The first-order chi connectivity index (χ1) is 10.1. The predicted molar refractivity (Wildman–Crippen MR) is 83.8 cm³/mol. The largest absolute Gasteiger partial charge is 0.496 e. The zero-order valence-corrected chi connectivity index (χ0v) is 12.8. The molecule has 0 saturated heterocycles. The highest BCUT2D eigenvalue weighted by atomic mass is 32.2. The number of sulfonamides is 1. The Morgan fingerprint density at radius 2 is 1.67 bits per heavy atom. The summed E-state index contributed by atoms with van der Waals surface area (Å²) in [7, 11) is -1.71. The Hall–Kier alpha value is -1.85. The second-order valence-corrected chi connectivity index (χ2v) is 6.51. The Balaban J connectivity index is 1.90. The molecule has 1 N–H and O–H groups in total. The van der Waals surface area contributed by atoms with Gasteiger partial charge in [-0.25, -0.2) is 13.1 Å². The van der Waals surface area contributed by atoms with E-state index < -0.39 is 10.0 Å². The first-order valence-corrected chi connectivity index (χ1v) is 8.39. The molecule has 112 valence electrons. The van der Waals surface area contributed by atoms with Crippen molar-refractivity contribution >= 4 is 10.0 Å². The third kappa shape index (κ3) is 4.88. The van der Waals surface area contributed by atoms with Crippen LogP contribution >= 0.6 is 0 Å². The van der Waals surface area contributed by atoms with Gasteiger partial charge in [0, 0.05) is 6.54 Å². The average molecular weight is 305 g/mol. The van der Waals surface area contributed by atoms with E-state index in [1.165, 1.54) is 0 Å². The summed E-state index contributed by atoms with van der Waals surface area (Å²) in [5, 5.41) is 0. The van der Waals surface area contributed by atoms with Gasteiger partial charge in [-0.05, 0) is 23.6 Å². The Kier molecular flexibility index (Phi) is 5.36. The van der Waals surface area contributed by atoms with Crippen LogP contribution in [0, 0.1) is 0 Å². The predicted octanol–water partition coefficient (Wildman–Crippen LogP) is 2.36. The van der Waals surface area contributed by atoms with Crippen molar-refractivity contribution in [3.05, 3.63) is 65.7 Å². The topological polar surface area (TPSA) is 55.4 Å². The van der Waals surface area contributed by atoms with E-state index in [2.05, 4.69) is 4.72 Å². The van der Waals surface area contributed by atoms with Gasteiger partial charge in [0.25, 0.3) is 0 Å². The second-order valence-electron chi connectivity index (χ2n) is 4.70. The molecule has 0 amide bonds. The minimum atomic E-state index is -3.32. The van der Waals surface area contributed by atoms with Gasteiger partial charge in [-0.2, -0.15) is 0 Å². The van der Waals surface area contributed by atoms with Crippen LogP contribution in [0.3, 0.4) is 0 Å². The molecule has 0 fully saturated rings. The van der Waals surface area contributed by atoms with Crippen LogP contribution in [0.15, 0.2) is 54.6 Å². The van der Waals surface area contributed by atoms with E-state index in [4.69, 9.17) is 4.74 Å². The maximum absolute atomic E-state index is 12.0. The number of ether oxygens (including phenoxy) is 1. The molecule has 0 aliphatic rings. The monoisotopic (exact) mass is 305 g/mol. The normalized spacial score (nSPS) is 11.3. The van der Waals surface area contributed by atoms with Crippen LogP contribution < -0.4 is 9.46 Å². The number of benzene rings is 2. The lowest BCUT2D eigenvalue weighted by atomic mass is 10.1. The van der Waals surface area contributed by atoms with Gasteiger partial charge < -0.3 is 4.74 Å². The van der Waals surface area contributed by atoms with Gasteiger partial charge in [0.15, 0.2) is 0 Å². The van der Waals surface area contributed by atoms with Gasteiger partial charge in [-0.15, -0.1) is 0 Å². The maximum atomic E-state index is 12.0. The Bertz CT molecular complexity index is 669. The maximum Gasteiger partial charge on any atom is 0.215 e. The SMILES string of the molecule is COc1ccccc1CCNS(=O)(=O)Cc1ccccc1. The second kappa shape index (κ2) is 7.24. The number of hydrogen-bond donors (Lipinski definition) is 1. The molecular formula is C16H19NO3S. The van der Waals surface area contributed by atoms with Gasteiger partial charge in [0.2, 0.25) is 10.0 Å². The number of methoxy groups -OCH3 is 1. The molecule has 0 saturated carbocycles. The lowest BCUT2D eigenvalue weighted by Crippen LogP contribution is -2.27. The summed E-state index contributed by atoms with van der Waals surface area (Å²) in [6, 6.07) is 16.7. The summed E-state index contributed by atoms with van der Waals surface area (Å²) in [5.74, 6) is 0.777. The molecule has 0 aliphatic carbocycles. The van der Waals surface area contributed by atoms with E-state index in [0.717, 1.165) is 16.9 Å². The summed E-state index contributed by atoms with van der Waals surface area (Å²) in [5.41, 5.74) is 1.77. The molecular weight excluding hydrogens is 286 g/mol. The number of rotatable bonds is 7. The molecule has 0 aliphatic heterocycles. The fourth-order valence-corrected chi connectivity index (χ4v) is 3.24. The standard InChI is InChI=1S/C16H19NO3S/c1-20-16-10-6-5-9-15(16)11-12-17-21(18,19)13-14-7-3-2-4-8-14/h2-10,17H,11-13H2,1H3. The van der Waals surface area contributed by atoms with Crippen molar-refractivity contribution in [2.45, 2.75) is 12.2 Å². The van der Waals surface area contributed by atoms with Gasteiger partial charge in [0.1, 0.15) is 5.75 Å². The van der Waals surface area contributed by atoms with Crippen LogP contribution in [0.5, 0.6) is 5.75 Å². The average Bonchev–Trinajstić information content (AvgIpc) is 2.48. The Labute approximate surface area is 125 Å². The molecule has 0 atom stereocenters. The third-order valence-corrected chi connectivity index (χ3v) is 4.47. The van der Waals surface area contributed by atoms with Crippen molar-refractivity contribution in [3.8, 4) is 5.75 Å². The quantitative estimate of drug-likeness (QED) is 0.854. The molecule has 0 unspecified atom stereocenters. The fraction of sp³-hybridized carbons (Fsp3) is 0.250. The summed E-state index contributed by atoms with van der Waals surface area (Å²) < 4.78 is 31.9. The van der Waals surface area contributed by atoms with Gasteiger partial charge in [-0.1, -0.05) is 48.5 Å². The zero-order chi connectivity index (χ0) is 15.1.